The topological polar surface area (TPSA) is 133 Å². The van der Waals surface area contributed by atoms with E-state index in [0.29, 0.717) is 29.4 Å². The fraction of sp³-hybridized carbons (Fsp3) is 0.520. The lowest BCUT2D eigenvalue weighted by Gasteiger charge is -2.38. The number of carbonyl (C=O) groups excluding carboxylic acids is 1. The first-order chi connectivity index (χ1) is 17.6. The molecule has 1 amide bonds. The Morgan fingerprint density at radius 2 is 2.03 bits per heavy atom. The molecule has 0 spiro atoms. The fourth-order valence-electron chi connectivity index (χ4n) is 4.76. The van der Waals surface area contributed by atoms with E-state index in [1.165, 1.54) is 0 Å². The van der Waals surface area contributed by atoms with E-state index in [4.69, 9.17) is 9.84 Å². The Labute approximate surface area is 219 Å². The largest absolute Gasteiger partial charge is 0.395 e. The van der Waals surface area contributed by atoms with Crippen molar-refractivity contribution in [3.8, 4) is 0 Å². The first kappa shape index (κ1) is 27.5. The van der Waals surface area contributed by atoms with E-state index in [1.807, 2.05) is 19.1 Å². The fourth-order valence-corrected chi connectivity index (χ4v) is 7.59. The van der Waals surface area contributed by atoms with Gasteiger partial charge in [0.15, 0.2) is 0 Å². The zero-order chi connectivity index (χ0) is 26.6. The van der Waals surface area contributed by atoms with Crippen LogP contribution in [0.2, 0.25) is 25.2 Å². The van der Waals surface area contributed by atoms with Crippen LogP contribution in [0.4, 0.5) is 17.2 Å². The van der Waals surface area contributed by atoms with Gasteiger partial charge in [0.25, 0.3) is 5.91 Å². The molecule has 1 aromatic carbocycles. The Morgan fingerprint density at radius 1 is 1.27 bits per heavy atom. The Balaban J connectivity index is 1.64. The van der Waals surface area contributed by atoms with Crippen molar-refractivity contribution in [2.24, 2.45) is 0 Å². The molecule has 2 fully saturated rings. The Bertz CT molecular complexity index is 1220. The maximum absolute atomic E-state index is 13.6. The van der Waals surface area contributed by atoms with E-state index in [1.54, 1.807) is 24.4 Å². The smallest absolute Gasteiger partial charge is 0.258 e. The standard InChI is InChI=1S/C25H37N5O5SSi/c1-18-23(35-13-9-26-18)21-5-4-8-27-24(21)28-25(32)20-7-6-19(29-36(33,34)14-12-31)17-22(20)30-10-15-37(2,3)16-11-30/h4-8,17-18,23,26,29,31H,9-16H2,1-3H3,(H,27,28,32). The molecule has 2 saturated heterocycles. The Kier molecular flexibility index (Phi) is 8.54. The summed E-state index contributed by atoms with van der Waals surface area (Å²) < 4.78 is 33.0. The number of morpholine rings is 1. The molecule has 3 heterocycles. The summed E-state index contributed by atoms with van der Waals surface area (Å²) in [5.41, 5.74) is 2.28. The van der Waals surface area contributed by atoms with E-state index in [0.717, 1.165) is 37.3 Å². The van der Waals surface area contributed by atoms with E-state index < -0.39 is 30.5 Å². The summed E-state index contributed by atoms with van der Waals surface area (Å²) in [5, 5.41) is 15.5. The van der Waals surface area contributed by atoms with Gasteiger partial charge in [-0.15, -0.1) is 0 Å². The number of aromatic nitrogens is 1. The number of benzene rings is 1. The molecule has 2 aliphatic heterocycles. The molecule has 2 aliphatic rings. The molecule has 202 valence electrons. The first-order valence-corrected chi connectivity index (χ1v) is 17.8. The van der Waals surface area contributed by atoms with Crippen LogP contribution < -0.4 is 20.3 Å². The molecular formula is C25H37N5O5SSi. The molecular weight excluding hydrogens is 510 g/mol. The number of anilines is 3. The van der Waals surface area contributed by atoms with Crippen molar-refractivity contribution >= 4 is 41.2 Å². The summed E-state index contributed by atoms with van der Waals surface area (Å²) >= 11 is 0. The van der Waals surface area contributed by atoms with Gasteiger partial charge in [0, 0.05) is 37.4 Å². The second kappa shape index (κ2) is 11.5. The van der Waals surface area contributed by atoms with Crippen LogP contribution in [0.1, 0.15) is 28.9 Å². The van der Waals surface area contributed by atoms with Gasteiger partial charge in [-0.3, -0.25) is 9.52 Å². The third-order valence-corrected chi connectivity index (χ3v) is 11.5. The molecule has 10 nitrogen and oxygen atoms in total. The van der Waals surface area contributed by atoms with Gasteiger partial charge in [0.1, 0.15) is 11.9 Å². The van der Waals surface area contributed by atoms with Crippen molar-refractivity contribution in [2.75, 3.05) is 53.5 Å². The molecule has 1 aromatic heterocycles. The molecule has 4 rings (SSSR count). The quantitative estimate of drug-likeness (QED) is 0.371. The number of rotatable bonds is 8. The second-order valence-corrected chi connectivity index (χ2v) is 17.6. The predicted molar refractivity (Wildman–Crippen MR) is 149 cm³/mol. The number of pyridine rings is 1. The molecule has 12 heteroatoms. The Hall–Kier alpha value is -2.51. The average molecular weight is 548 g/mol. The molecule has 2 unspecified atom stereocenters. The molecule has 0 aliphatic carbocycles. The van der Waals surface area contributed by atoms with Gasteiger partial charge in [-0.25, -0.2) is 13.4 Å². The minimum absolute atomic E-state index is 0.0660. The summed E-state index contributed by atoms with van der Waals surface area (Å²) in [5.74, 6) is -0.273. The van der Waals surface area contributed by atoms with E-state index >= 15 is 0 Å². The van der Waals surface area contributed by atoms with Crippen LogP contribution in [0.25, 0.3) is 0 Å². The monoisotopic (exact) mass is 547 g/mol. The highest BCUT2D eigenvalue weighted by molar-refractivity contribution is 7.92. The summed E-state index contributed by atoms with van der Waals surface area (Å²) in [6.45, 7) is 9.25. The number of ether oxygens (including phenoxy) is 1. The van der Waals surface area contributed by atoms with Gasteiger partial charge in [-0.2, -0.15) is 0 Å². The van der Waals surface area contributed by atoms with Crippen molar-refractivity contribution in [1.82, 2.24) is 10.3 Å². The number of nitrogens with one attached hydrogen (secondary N) is 3. The number of amides is 1. The van der Waals surface area contributed by atoms with Gasteiger partial charge in [-0.1, -0.05) is 19.2 Å². The van der Waals surface area contributed by atoms with Crippen LogP contribution in [0.15, 0.2) is 36.5 Å². The highest BCUT2D eigenvalue weighted by Gasteiger charge is 2.30. The predicted octanol–water partition coefficient (Wildman–Crippen LogP) is 2.65. The van der Waals surface area contributed by atoms with Crippen LogP contribution in [-0.2, 0) is 14.8 Å². The van der Waals surface area contributed by atoms with Crippen molar-refractivity contribution < 1.29 is 23.1 Å². The minimum Gasteiger partial charge on any atom is -0.395 e. The van der Waals surface area contributed by atoms with Crippen LogP contribution in [0.5, 0.6) is 0 Å². The van der Waals surface area contributed by atoms with Crippen molar-refractivity contribution in [1.29, 1.82) is 0 Å². The molecule has 0 bridgehead atoms. The highest BCUT2D eigenvalue weighted by atomic mass is 32.2. The summed E-state index contributed by atoms with van der Waals surface area (Å²) in [7, 11) is -4.98. The summed E-state index contributed by atoms with van der Waals surface area (Å²) in [6, 6.07) is 10.9. The van der Waals surface area contributed by atoms with Crippen LogP contribution in [0.3, 0.4) is 0 Å². The second-order valence-electron chi connectivity index (χ2n) is 10.5. The van der Waals surface area contributed by atoms with Crippen molar-refractivity contribution in [2.45, 2.75) is 44.3 Å². The first-order valence-electron chi connectivity index (χ1n) is 12.7. The number of hydrogen-bond acceptors (Lipinski definition) is 8. The highest BCUT2D eigenvalue weighted by Crippen LogP contribution is 2.33. The lowest BCUT2D eigenvalue weighted by atomic mass is 10.0. The molecule has 2 atom stereocenters. The van der Waals surface area contributed by atoms with Gasteiger partial charge in [-0.05, 0) is 43.3 Å². The molecule has 37 heavy (non-hydrogen) atoms. The third kappa shape index (κ3) is 6.88. The van der Waals surface area contributed by atoms with Crippen molar-refractivity contribution in [3.05, 3.63) is 47.7 Å². The normalized spacial score (nSPS) is 21.9. The number of aliphatic hydroxyl groups excluding tert-OH is 1. The van der Waals surface area contributed by atoms with Crippen LogP contribution in [0, 0.1) is 0 Å². The lowest BCUT2D eigenvalue weighted by molar-refractivity contribution is 0.0000368. The van der Waals surface area contributed by atoms with Gasteiger partial charge in [0.05, 0.1) is 44.0 Å². The zero-order valence-electron chi connectivity index (χ0n) is 21.7. The van der Waals surface area contributed by atoms with E-state index in [-0.39, 0.29) is 18.1 Å². The van der Waals surface area contributed by atoms with Crippen LogP contribution in [-0.4, -0.2) is 77.1 Å². The van der Waals surface area contributed by atoms with E-state index in [9.17, 15) is 13.2 Å². The number of aliphatic hydroxyl groups is 1. The van der Waals surface area contributed by atoms with Gasteiger partial charge in [0.2, 0.25) is 10.0 Å². The lowest BCUT2D eigenvalue weighted by Crippen LogP contribution is -2.43. The average Bonchev–Trinajstić information content (AvgIpc) is 2.84. The Morgan fingerprint density at radius 3 is 2.73 bits per heavy atom. The maximum Gasteiger partial charge on any atom is 0.258 e. The van der Waals surface area contributed by atoms with Crippen molar-refractivity contribution in [3.63, 3.8) is 0 Å². The number of sulfonamides is 1. The van der Waals surface area contributed by atoms with Crippen LogP contribution >= 0.6 is 0 Å². The minimum atomic E-state index is -3.70. The van der Waals surface area contributed by atoms with Gasteiger partial charge >= 0.3 is 0 Å². The summed E-state index contributed by atoms with van der Waals surface area (Å²) in [4.78, 5) is 20.2. The summed E-state index contributed by atoms with van der Waals surface area (Å²) in [6.07, 6.45) is 1.40. The third-order valence-electron chi connectivity index (χ3n) is 7.03. The molecule has 4 N–H and O–H groups in total. The number of nitrogens with zero attached hydrogens (tertiary/aromatic N) is 2. The van der Waals surface area contributed by atoms with E-state index in [2.05, 4.69) is 38.3 Å². The number of hydrogen-bond donors (Lipinski definition) is 4. The molecule has 0 saturated carbocycles. The molecule has 2 aromatic rings. The molecule has 0 radical (unpaired) electrons. The zero-order valence-corrected chi connectivity index (χ0v) is 23.5. The number of carbonyl (C=O) groups is 1. The van der Waals surface area contributed by atoms with Gasteiger partial charge < -0.3 is 25.4 Å². The maximum atomic E-state index is 13.6. The SMILES string of the molecule is CC1NCCOC1c1cccnc1NC(=O)c1ccc(NS(=O)(=O)CCO)cc1N1CC[Si](C)(C)CC1.